The van der Waals surface area contributed by atoms with E-state index in [4.69, 9.17) is 5.14 Å². The number of nitrogens with one attached hydrogen (secondary N) is 1. The summed E-state index contributed by atoms with van der Waals surface area (Å²) in [5.41, 5.74) is 0. The van der Waals surface area contributed by atoms with E-state index in [1.54, 1.807) is 6.07 Å². The first kappa shape index (κ1) is 12.3. The first-order valence-corrected chi connectivity index (χ1v) is 7.36. The number of anilines is 1. The minimum Gasteiger partial charge on any atom is -0.367 e. The second-order valence-electron chi connectivity index (χ2n) is 4.40. The van der Waals surface area contributed by atoms with Crippen molar-refractivity contribution in [1.82, 2.24) is 4.98 Å². The Bertz CT molecular complexity index is 464. The highest BCUT2D eigenvalue weighted by Crippen LogP contribution is 2.21. The molecule has 1 heterocycles. The largest absolute Gasteiger partial charge is 0.367 e. The summed E-state index contributed by atoms with van der Waals surface area (Å²) in [6, 6.07) is 3.60. The molecule has 0 radical (unpaired) electrons. The zero-order valence-electron chi connectivity index (χ0n) is 9.59. The molecule has 0 aliphatic heterocycles. The second-order valence-corrected chi connectivity index (χ2v) is 5.96. The van der Waals surface area contributed by atoms with Crippen LogP contribution in [0.3, 0.4) is 0 Å². The van der Waals surface area contributed by atoms with Crippen LogP contribution in [0.15, 0.2) is 23.2 Å². The van der Waals surface area contributed by atoms with E-state index in [2.05, 4.69) is 10.3 Å². The number of primary sulfonamides is 1. The van der Waals surface area contributed by atoms with Gasteiger partial charge in [-0.15, -0.1) is 0 Å². The maximum atomic E-state index is 11.1. The lowest BCUT2D eigenvalue weighted by Gasteiger charge is -2.23. The minimum absolute atomic E-state index is 0.0479. The predicted molar refractivity (Wildman–Crippen MR) is 66.1 cm³/mol. The maximum Gasteiger partial charge on any atom is 0.239 e. The molecule has 1 aliphatic rings. The zero-order chi connectivity index (χ0) is 12.3. The van der Waals surface area contributed by atoms with Crippen molar-refractivity contribution in [1.29, 1.82) is 0 Å². The van der Waals surface area contributed by atoms with E-state index < -0.39 is 10.0 Å². The summed E-state index contributed by atoms with van der Waals surface area (Å²) < 4.78 is 22.1. The number of hydrogen-bond donors (Lipinski definition) is 2. The van der Waals surface area contributed by atoms with Gasteiger partial charge in [-0.2, -0.15) is 0 Å². The Kier molecular flexibility index (Phi) is 3.63. The van der Waals surface area contributed by atoms with Gasteiger partial charge in [0, 0.05) is 12.2 Å². The fourth-order valence-corrected chi connectivity index (χ4v) is 2.55. The molecular weight excluding hydrogens is 238 g/mol. The number of sulfonamides is 1. The molecule has 0 amide bonds. The van der Waals surface area contributed by atoms with Crippen LogP contribution in [0.2, 0.25) is 0 Å². The average Bonchev–Trinajstić information content (AvgIpc) is 2.30. The van der Waals surface area contributed by atoms with Crippen LogP contribution < -0.4 is 10.5 Å². The predicted octanol–water partition coefficient (Wildman–Crippen LogP) is 1.47. The first-order chi connectivity index (χ1) is 8.05. The maximum absolute atomic E-state index is 11.1. The van der Waals surface area contributed by atoms with E-state index in [9.17, 15) is 8.42 Å². The van der Waals surface area contributed by atoms with Crippen LogP contribution in [-0.2, 0) is 10.0 Å². The molecule has 0 saturated heterocycles. The lowest BCUT2D eigenvalue weighted by atomic mass is 9.95. The molecule has 2 rings (SSSR count). The number of pyridine rings is 1. The summed E-state index contributed by atoms with van der Waals surface area (Å²) in [6.07, 6.45) is 7.38. The van der Waals surface area contributed by atoms with Crippen molar-refractivity contribution in [3.05, 3.63) is 18.3 Å². The Labute approximate surface area is 101 Å². The molecule has 1 aromatic rings. The highest BCUT2D eigenvalue weighted by Gasteiger charge is 2.14. The highest BCUT2D eigenvalue weighted by atomic mass is 32.2. The van der Waals surface area contributed by atoms with Gasteiger partial charge in [0.1, 0.15) is 10.7 Å². The summed E-state index contributed by atoms with van der Waals surface area (Å²) in [6.45, 7) is 0. The molecule has 1 fully saturated rings. The van der Waals surface area contributed by atoms with Crippen LogP contribution >= 0.6 is 0 Å². The molecule has 0 atom stereocenters. The lowest BCUT2D eigenvalue weighted by Crippen LogP contribution is -2.22. The highest BCUT2D eigenvalue weighted by molar-refractivity contribution is 7.89. The summed E-state index contributed by atoms with van der Waals surface area (Å²) >= 11 is 0. The molecule has 0 unspecified atom stereocenters. The van der Waals surface area contributed by atoms with Crippen molar-refractivity contribution < 1.29 is 8.42 Å². The number of hydrogen-bond acceptors (Lipinski definition) is 4. The van der Waals surface area contributed by atoms with Gasteiger partial charge in [0.25, 0.3) is 0 Å². The van der Waals surface area contributed by atoms with Gasteiger partial charge in [0.15, 0.2) is 0 Å². The Morgan fingerprint density at radius 1 is 1.24 bits per heavy atom. The van der Waals surface area contributed by atoms with Crippen molar-refractivity contribution >= 4 is 15.8 Å². The number of nitrogens with two attached hydrogens (primary N) is 1. The smallest absolute Gasteiger partial charge is 0.239 e. The summed E-state index contributed by atoms with van der Waals surface area (Å²) in [7, 11) is -3.64. The van der Waals surface area contributed by atoms with Gasteiger partial charge in [-0.05, 0) is 25.0 Å². The number of nitrogens with zero attached hydrogens (tertiary/aromatic N) is 1. The molecule has 5 nitrogen and oxygen atoms in total. The number of aromatic nitrogens is 1. The van der Waals surface area contributed by atoms with Gasteiger partial charge in [-0.25, -0.2) is 18.5 Å². The molecule has 1 aromatic heterocycles. The third-order valence-electron chi connectivity index (χ3n) is 3.02. The molecule has 6 heteroatoms. The standard InChI is InChI=1S/C11H17N3O2S/c12-17(15,16)10-6-7-11(13-8-10)14-9-4-2-1-3-5-9/h6-9H,1-5H2,(H,13,14)(H2,12,15,16). The Morgan fingerprint density at radius 2 is 1.94 bits per heavy atom. The summed E-state index contributed by atoms with van der Waals surface area (Å²) in [5, 5.41) is 8.32. The van der Waals surface area contributed by atoms with Crippen molar-refractivity contribution in [3.63, 3.8) is 0 Å². The Morgan fingerprint density at radius 3 is 2.47 bits per heavy atom. The Balaban J connectivity index is 2.03. The van der Waals surface area contributed by atoms with Gasteiger partial charge >= 0.3 is 0 Å². The zero-order valence-corrected chi connectivity index (χ0v) is 10.4. The van der Waals surface area contributed by atoms with Crippen LogP contribution in [0.4, 0.5) is 5.82 Å². The Hall–Kier alpha value is -1.14. The number of rotatable bonds is 3. The molecule has 17 heavy (non-hydrogen) atoms. The molecule has 1 aliphatic carbocycles. The molecule has 1 saturated carbocycles. The fraction of sp³-hybridized carbons (Fsp3) is 0.545. The third kappa shape index (κ3) is 3.41. The van der Waals surface area contributed by atoms with Crippen molar-refractivity contribution in [2.45, 2.75) is 43.0 Å². The van der Waals surface area contributed by atoms with Crippen LogP contribution in [-0.4, -0.2) is 19.4 Å². The fourth-order valence-electron chi connectivity index (χ4n) is 2.09. The lowest BCUT2D eigenvalue weighted by molar-refractivity contribution is 0.462. The average molecular weight is 255 g/mol. The van der Waals surface area contributed by atoms with E-state index in [1.165, 1.54) is 31.5 Å². The topological polar surface area (TPSA) is 85.1 Å². The first-order valence-electron chi connectivity index (χ1n) is 5.81. The molecule has 94 valence electrons. The van der Waals surface area contributed by atoms with E-state index in [-0.39, 0.29) is 4.90 Å². The van der Waals surface area contributed by atoms with Crippen LogP contribution in [0.25, 0.3) is 0 Å². The van der Waals surface area contributed by atoms with Crippen LogP contribution in [0.1, 0.15) is 32.1 Å². The molecule has 3 N–H and O–H groups in total. The molecule has 0 bridgehead atoms. The van der Waals surface area contributed by atoms with Gasteiger partial charge in [0.05, 0.1) is 0 Å². The van der Waals surface area contributed by atoms with E-state index in [0.717, 1.165) is 12.8 Å². The van der Waals surface area contributed by atoms with Gasteiger partial charge in [-0.3, -0.25) is 0 Å². The monoisotopic (exact) mass is 255 g/mol. The normalized spacial score (nSPS) is 17.9. The molecule has 0 spiro atoms. The van der Waals surface area contributed by atoms with Gasteiger partial charge in [-0.1, -0.05) is 19.3 Å². The van der Waals surface area contributed by atoms with Crippen LogP contribution in [0.5, 0.6) is 0 Å². The van der Waals surface area contributed by atoms with Crippen LogP contribution in [0, 0.1) is 0 Å². The van der Waals surface area contributed by atoms with E-state index in [0.29, 0.717) is 11.9 Å². The summed E-state index contributed by atoms with van der Waals surface area (Å²) in [4.78, 5) is 4.12. The molecule has 0 aromatic carbocycles. The van der Waals surface area contributed by atoms with E-state index in [1.807, 2.05) is 0 Å². The minimum atomic E-state index is -3.64. The SMILES string of the molecule is NS(=O)(=O)c1ccc(NC2CCCCC2)nc1. The van der Waals surface area contributed by atoms with Gasteiger partial charge in [0.2, 0.25) is 10.0 Å². The van der Waals surface area contributed by atoms with Crippen molar-refractivity contribution in [3.8, 4) is 0 Å². The molecular formula is C11H17N3O2S. The van der Waals surface area contributed by atoms with Gasteiger partial charge < -0.3 is 5.32 Å². The van der Waals surface area contributed by atoms with Crippen molar-refractivity contribution in [2.24, 2.45) is 5.14 Å². The third-order valence-corrected chi connectivity index (χ3v) is 3.92. The quantitative estimate of drug-likeness (QED) is 0.856. The van der Waals surface area contributed by atoms with Crippen molar-refractivity contribution in [2.75, 3.05) is 5.32 Å². The van der Waals surface area contributed by atoms with E-state index >= 15 is 0 Å². The summed E-state index contributed by atoms with van der Waals surface area (Å²) in [5.74, 6) is 0.712. The second kappa shape index (κ2) is 5.01.